The average molecular weight is 349 g/mol. The molecule has 0 aliphatic carbocycles. The minimum atomic E-state index is -0.607. The summed E-state index contributed by atoms with van der Waals surface area (Å²) in [4.78, 5) is 29.8. The Labute approximate surface area is 152 Å². The number of hydrogen-bond acceptors (Lipinski definition) is 3. The molecule has 1 aromatic heterocycles. The van der Waals surface area contributed by atoms with Crippen molar-refractivity contribution in [2.24, 2.45) is 0 Å². The molecule has 2 aromatic carbocycles. The van der Waals surface area contributed by atoms with Crippen LogP contribution >= 0.6 is 0 Å². The average Bonchev–Trinajstić information content (AvgIpc) is 2.65. The van der Waals surface area contributed by atoms with Crippen molar-refractivity contribution >= 4 is 22.5 Å². The third kappa shape index (κ3) is 3.52. The Balaban J connectivity index is 1.87. The van der Waals surface area contributed by atoms with Crippen LogP contribution in [0.1, 0.15) is 44.7 Å². The van der Waals surface area contributed by atoms with Crippen molar-refractivity contribution in [2.75, 3.05) is 5.32 Å². The third-order valence-electron chi connectivity index (χ3n) is 4.56. The summed E-state index contributed by atoms with van der Waals surface area (Å²) in [6.07, 6.45) is 1.95. The second-order valence-electron chi connectivity index (χ2n) is 6.66. The van der Waals surface area contributed by atoms with E-state index in [1.54, 1.807) is 18.2 Å². The molecule has 0 unspecified atom stereocenters. The smallest absolute Gasteiger partial charge is 0.261 e. The fraction of sp³-hybridized carbons (Fsp3) is 0.286. The maximum Gasteiger partial charge on any atom is 0.261 e. The maximum absolute atomic E-state index is 12.8. The molecule has 5 heteroatoms. The Bertz CT molecular complexity index is 974. The van der Waals surface area contributed by atoms with Gasteiger partial charge in [-0.15, -0.1) is 0 Å². The molecule has 0 fully saturated rings. The molecule has 0 aliphatic rings. The number of hydrogen-bond donors (Lipinski definition) is 1. The zero-order chi connectivity index (χ0) is 18.7. The van der Waals surface area contributed by atoms with Gasteiger partial charge in [0.05, 0.1) is 17.2 Å². The van der Waals surface area contributed by atoms with E-state index >= 15 is 0 Å². The van der Waals surface area contributed by atoms with Crippen LogP contribution in [0, 0.1) is 0 Å². The second-order valence-corrected chi connectivity index (χ2v) is 6.66. The SMILES string of the molecule is CC[C@@H](C(=O)Nc1ccc(C(C)C)cc1)n1cnc2ccccc2c1=O. The highest BCUT2D eigenvalue weighted by atomic mass is 16.2. The lowest BCUT2D eigenvalue weighted by atomic mass is 10.0. The van der Waals surface area contributed by atoms with Crippen LogP contribution in [0.25, 0.3) is 10.9 Å². The molecule has 0 saturated carbocycles. The van der Waals surface area contributed by atoms with E-state index in [1.165, 1.54) is 16.5 Å². The van der Waals surface area contributed by atoms with Gasteiger partial charge in [-0.05, 0) is 42.2 Å². The van der Waals surface area contributed by atoms with E-state index in [0.29, 0.717) is 23.2 Å². The van der Waals surface area contributed by atoms with Crippen LogP contribution < -0.4 is 10.9 Å². The topological polar surface area (TPSA) is 64.0 Å². The number of nitrogens with one attached hydrogen (secondary N) is 1. The molecule has 134 valence electrons. The number of carbonyl (C=O) groups excluding carboxylic acids is 1. The molecule has 3 aromatic rings. The van der Waals surface area contributed by atoms with Crippen molar-refractivity contribution in [3.05, 3.63) is 70.8 Å². The number of fused-ring (bicyclic) bond motifs is 1. The van der Waals surface area contributed by atoms with Gasteiger partial charge in [-0.2, -0.15) is 0 Å². The van der Waals surface area contributed by atoms with Crippen LogP contribution in [-0.4, -0.2) is 15.5 Å². The number of amides is 1. The van der Waals surface area contributed by atoms with Gasteiger partial charge in [-0.25, -0.2) is 4.98 Å². The first-order valence-corrected chi connectivity index (χ1v) is 8.88. The summed E-state index contributed by atoms with van der Waals surface area (Å²) in [6.45, 7) is 6.13. The predicted molar refractivity (Wildman–Crippen MR) is 104 cm³/mol. The molecule has 0 bridgehead atoms. The van der Waals surface area contributed by atoms with Crippen LogP contribution in [0.15, 0.2) is 59.7 Å². The Morgan fingerprint density at radius 2 is 1.81 bits per heavy atom. The second kappa shape index (κ2) is 7.52. The lowest BCUT2D eigenvalue weighted by molar-refractivity contribution is -0.119. The largest absolute Gasteiger partial charge is 0.324 e. The summed E-state index contributed by atoms with van der Waals surface area (Å²) in [6, 6.07) is 14.3. The first-order valence-electron chi connectivity index (χ1n) is 8.88. The Kier molecular flexibility index (Phi) is 5.16. The van der Waals surface area contributed by atoms with Crippen molar-refractivity contribution in [1.29, 1.82) is 0 Å². The van der Waals surface area contributed by atoms with Crippen LogP contribution in [0.4, 0.5) is 5.69 Å². The molecule has 1 amide bonds. The molecule has 0 radical (unpaired) electrons. The molecule has 0 saturated heterocycles. The van der Waals surface area contributed by atoms with Crippen LogP contribution in [0.2, 0.25) is 0 Å². The quantitative estimate of drug-likeness (QED) is 0.754. The van der Waals surface area contributed by atoms with E-state index in [0.717, 1.165) is 5.69 Å². The van der Waals surface area contributed by atoms with E-state index in [2.05, 4.69) is 24.1 Å². The van der Waals surface area contributed by atoms with Gasteiger partial charge < -0.3 is 5.32 Å². The molecule has 3 rings (SSSR count). The van der Waals surface area contributed by atoms with Crippen molar-refractivity contribution in [3.63, 3.8) is 0 Å². The van der Waals surface area contributed by atoms with Crippen LogP contribution in [0.5, 0.6) is 0 Å². The van der Waals surface area contributed by atoms with Crippen LogP contribution in [0.3, 0.4) is 0 Å². The molecule has 0 spiro atoms. The lowest BCUT2D eigenvalue weighted by Gasteiger charge is -2.18. The number of para-hydroxylation sites is 1. The van der Waals surface area contributed by atoms with E-state index in [4.69, 9.17) is 0 Å². The van der Waals surface area contributed by atoms with E-state index in [-0.39, 0.29) is 11.5 Å². The summed E-state index contributed by atoms with van der Waals surface area (Å²) in [5, 5.41) is 3.42. The molecule has 1 atom stereocenters. The van der Waals surface area contributed by atoms with Gasteiger partial charge >= 0.3 is 0 Å². The standard InChI is InChI=1S/C21H23N3O2/c1-4-19(20(25)23-16-11-9-15(10-12-16)14(2)3)24-13-22-18-8-6-5-7-17(18)21(24)26/h5-14,19H,4H2,1-3H3,(H,23,25)/t19-/m0/s1. The minimum absolute atomic E-state index is 0.201. The number of aromatic nitrogens is 2. The van der Waals surface area contributed by atoms with E-state index in [1.807, 2.05) is 37.3 Å². The summed E-state index contributed by atoms with van der Waals surface area (Å²) < 4.78 is 1.42. The first kappa shape index (κ1) is 17.9. The number of anilines is 1. The molecule has 1 heterocycles. The molecule has 5 nitrogen and oxygen atoms in total. The number of carbonyl (C=O) groups is 1. The highest BCUT2D eigenvalue weighted by molar-refractivity contribution is 5.94. The van der Waals surface area contributed by atoms with Crippen LogP contribution in [-0.2, 0) is 4.79 Å². The van der Waals surface area contributed by atoms with Gasteiger partial charge in [-0.1, -0.05) is 45.0 Å². The number of nitrogens with zero attached hydrogens (tertiary/aromatic N) is 2. The number of rotatable bonds is 5. The maximum atomic E-state index is 12.8. The van der Waals surface area contributed by atoms with Gasteiger partial charge in [0.1, 0.15) is 6.04 Å². The van der Waals surface area contributed by atoms with E-state index < -0.39 is 6.04 Å². The summed E-state index contributed by atoms with van der Waals surface area (Å²) in [5.74, 6) is 0.217. The monoisotopic (exact) mass is 349 g/mol. The van der Waals surface area contributed by atoms with E-state index in [9.17, 15) is 9.59 Å². The number of benzene rings is 2. The van der Waals surface area contributed by atoms with Crippen molar-refractivity contribution in [3.8, 4) is 0 Å². The van der Waals surface area contributed by atoms with Gasteiger partial charge in [0.15, 0.2) is 0 Å². The fourth-order valence-electron chi connectivity index (χ4n) is 2.99. The Morgan fingerprint density at radius 3 is 2.46 bits per heavy atom. The summed E-state index contributed by atoms with van der Waals surface area (Å²) in [5.41, 5.74) is 2.37. The highest BCUT2D eigenvalue weighted by Gasteiger charge is 2.21. The molecular weight excluding hydrogens is 326 g/mol. The van der Waals surface area contributed by atoms with Gasteiger partial charge in [0, 0.05) is 5.69 Å². The van der Waals surface area contributed by atoms with Crippen molar-refractivity contribution < 1.29 is 4.79 Å². The Hall–Kier alpha value is -2.95. The Morgan fingerprint density at radius 1 is 1.12 bits per heavy atom. The molecule has 0 aliphatic heterocycles. The van der Waals surface area contributed by atoms with Gasteiger partial charge in [-0.3, -0.25) is 14.2 Å². The third-order valence-corrected chi connectivity index (χ3v) is 4.56. The summed E-state index contributed by atoms with van der Waals surface area (Å²) in [7, 11) is 0. The summed E-state index contributed by atoms with van der Waals surface area (Å²) >= 11 is 0. The zero-order valence-electron chi connectivity index (χ0n) is 15.3. The normalized spacial score (nSPS) is 12.3. The zero-order valence-corrected chi connectivity index (χ0v) is 15.3. The van der Waals surface area contributed by atoms with Crippen molar-refractivity contribution in [2.45, 2.75) is 39.2 Å². The first-order chi connectivity index (χ1) is 12.5. The van der Waals surface area contributed by atoms with Crippen molar-refractivity contribution in [1.82, 2.24) is 9.55 Å². The molecule has 26 heavy (non-hydrogen) atoms. The molecular formula is C21H23N3O2. The van der Waals surface area contributed by atoms with Gasteiger partial charge in [0.25, 0.3) is 5.56 Å². The molecule has 1 N–H and O–H groups in total. The van der Waals surface area contributed by atoms with Gasteiger partial charge in [0.2, 0.25) is 5.91 Å². The predicted octanol–water partition coefficient (Wildman–Crippen LogP) is 4.11. The highest BCUT2D eigenvalue weighted by Crippen LogP contribution is 2.19. The fourth-order valence-corrected chi connectivity index (χ4v) is 2.99. The lowest BCUT2D eigenvalue weighted by Crippen LogP contribution is -2.33. The minimum Gasteiger partial charge on any atom is -0.324 e.